The molecule has 234 valence electrons. The van der Waals surface area contributed by atoms with Gasteiger partial charge in [-0.3, -0.25) is 9.78 Å². The van der Waals surface area contributed by atoms with Crippen molar-refractivity contribution in [2.45, 2.75) is 62.2 Å². The fourth-order valence-electron chi connectivity index (χ4n) is 6.07. The van der Waals surface area contributed by atoms with Crippen LogP contribution in [0, 0.1) is 18.7 Å². The van der Waals surface area contributed by atoms with Gasteiger partial charge in [-0.25, -0.2) is 17.5 Å². The first kappa shape index (κ1) is 30.9. The van der Waals surface area contributed by atoms with Crippen molar-refractivity contribution in [3.8, 4) is 0 Å². The highest BCUT2D eigenvalue weighted by Gasteiger charge is 2.46. The molecule has 0 unspecified atom stereocenters. The standard InChI is InChI=1S/C34H31F4N3O3S/c1-21-5-2-8-26(39-21)20-41(33(42)31-19-29(31)23-11-14-24(15-12-23)34(36,37)38)27-16-13-22-6-3-10-32(30(22)18-27)40-45(43,44)28-9-4-7-25(35)17-28/h2,4-5,7-9,11-18,29,31-32,40H,3,6,10,19-20H2,1H3/t29-,31+,32-/m0/s1. The lowest BCUT2D eigenvalue weighted by atomic mass is 9.87. The molecule has 11 heteroatoms. The molecule has 6 nitrogen and oxygen atoms in total. The average molecular weight is 638 g/mol. The molecule has 1 fully saturated rings. The first-order valence-electron chi connectivity index (χ1n) is 14.7. The summed E-state index contributed by atoms with van der Waals surface area (Å²) < 4.78 is 82.2. The zero-order chi connectivity index (χ0) is 31.9. The Hall–Kier alpha value is -4.09. The fourth-order valence-corrected chi connectivity index (χ4v) is 7.35. The van der Waals surface area contributed by atoms with E-state index in [0.717, 1.165) is 47.9 Å². The van der Waals surface area contributed by atoms with Crippen LogP contribution in [0.15, 0.2) is 89.8 Å². The molecule has 1 aromatic heterocycles. The molecule has 0 saturated heterocycles. The minimum absolute atomic E-state index is 0.162. The molecule has 0 bridgehead atoms. The Labute approximate surface area is 259 Å². The molecule has 0 aliphatic heterocycles. The molecule has 3 aromatic carbocycles. The average Bonchev–Trinajstić information content (AvgIpc) is 3.80. The van der Waals surface area contributed by atoms with E-state index in [-0.39, 0.29) is 23.3 Å². The van der Waals surface area contributed by atoms with Gasteiger partial charge in [0.1, 0.15) is 5.82 Å². The van der Waals surface area contributed by atoms with Gasteiger partial charge in [-0.15, -0.1) is 0 Å². The molecule has 45 heavy (non-hydrogen) atoms. The van der Waals surface area contributed by atoms with Crippen molar-refractivity contribution in [2.75, 3.05) is 4.90 Å². The summed E-state index contributed by atoms with van der Waals surface area (Å²) in [6.45, 7) is 2.01. The predicted molar refractivity (Wildman–Crippen MR) is 161 cm³/mol. The summed E-state index contributed by atoms with van der Waals surface area (Å²) in [5, 5.41) is 0. The fraction of sp³-hybridized carbons (Fsp3) is 0.294. The third kappa shape index (κ3) is 6.79. The van der Waals surface area contributed by atoms with Gasteiger partial charge in [0.2, 0.25) is 15.9 Å². The molecular weight excluding hydrogens is 606 g/mol. The largest absolute Gasteiger partial charge is 0.416 e. The third-order valence-electron chi connectivity index (χ3n) is 8.47. The molecule has 1 amide bonds. The monoisotopic (exact) mass is 637 g/mol. The molecule has 2 aliphatic carbocycles. The normalized spacial score (nSPS) is 19.5. The van der Waals surface area contributed by atoms with Crippen LogP contribution in [0.1, 0.15) is 64.9 Å². The highest BCUT2D eigenvalue weighted by atomic mass is 32.2. The summed E-state index contributed by atoms with van der Waals surface area (Å²) in [7, 11) is -4.03. The van der Waals surface area contributed by atoms with Crippen molar-refractivity contribution >= 4 is 21.6 Å². The number of nitrogens with one attached hydrogen (secondary N) is 1. The van der Waals surface area contributed by atoms with Gasteiger partial charge < -0.3 is 4.90 Å². The lowest BCUT2D eigenvalue weighted by molar-refractivity contribution is -0.137. The Morgan fingerprint density at radius 1 is 1.00 bits per heavy atom. The van der Waals surface area contributed by atoms with Gasteiger partial charge >= 0.3 is 6.18 Å². The third-order valence-corrected chi connectivity index (χ3v) is 9.93. The highest BCUT2D eigenvalue weighted by molar-refractivity contribution is 7.89. The molecule has 3 atom stereocenters. The van der Waals surface area contributed by atoms with E-state index >= 15 is 0 Å². The smallest absolute Gasteiger partial charge is 0.306 e. The van der Waals surface area contributed by atoms with Crippen LogP contribution in [-0.2, 0) is 34.0 Å². The van der Waals surface area contributed by atoms with Crippen LogP contribution in [-0.4, -0.2) is 19.3 Å². The van der Waals surface area contributed by atoms with E-state index in [1.807, 2.05) is 43.3 Å². The molecule has 2 aliphatic rings. The Balaban J connectivity index is 1.30. The molecular formula is C34H31F4N3O3S. The number of anilines is 1. The van der Waals surface area contributed by atoms with Crippen molar-refractivity contribution in [1.82, 2.24) is 9.71 Å². The number of alkyl halides is 3. The summed E-state index contributed by atoms with van der Waals surface area (Å²) in [6, 6.07) is 20.3. The van der Waals surface area contributed by atoms with Crippen LogP contribution in [0.5, 0.6) is 0 Å². The minimum Gasteiger partial charge on any atom is -0.306 e. The number of nitrogens with zero attached hydrogens (tertiary/aromatic N) is 2. The summed E-state index contributed by atoms with van der Waals surface area (Å²) in [4.78, 5) is 20.1. The Morgan fingerprint density at radius 3 is 2.47 bits per heavy atom. The quantitative estimate of drug-likeness (QED) is 0.207. The van der Waals surface area contributed by atoms with Crippen LogP contribution < -0.4 is 9.62 Å². The van der Waals surface area contributed by atoms with E-state index in [4.69, 9.17) is 0 Å². The van der Waals surface area contributed by atoms with E-state index in [0.29, 0.717) is 29.8 Å². The van der Waals surface area contributed by atoms with E-state index in [2.05, 4.69) is 9.71 Å². The SMILES string of the molecule is Cc1cccc(CN(C(=O)[C@@H]2C[C@H]2c2ccc(C(F)(F)F)cc2)c2ccc3c(c2)[C@@H](NS(=O)(=O)c2cccc(F)c2)CCC3)n1. The van der Waals surface area contributed by atoms with E-state index < -0.39 is 39.5 Å². The number of carbonyl (C=O) groups is 1. The predicted octanol–water partition coefficient (Wildman–Crippen LogP) is 7.24. The lowest BCUT2D eigenvalue weighted by Gasteiger charge is -2.29. The van der Waals surface area contributed by atoms with Gasteiger partial charge in [-0.1, -0.05) is 30.3 Å². The minimum atomic E-state index is -4.44. The number of aryl methyl sites for hydroxylation is 2. The number of benzene rings is 3. The van der Waals surface area contributed by atoms with Gasteiger partial charge in [0.05, 0.1) is 22.7 Å². The first-order chi connectivity index (χ1) is 21.4. The number of fused-ring (bicyclic) bond motifs is 1. The van der Waals surface area contributed by atoms with E-state index in [9.17, 15) is 30.8 Å². The highest BCUT2D eigenvalue weighted by Crippen LogP contribution is 2.49. The van der Waals surface area contributed by atoms with Gasteiger partial charge in [0.15, 0.2) is 0 Å². The number of hydrogen-bond acceptors (Lipinski definition) is 4. The second-order valence-electron chi connectivity index (χ2n) is 11.7. The zero-order valence-electron chi connectivity index (χ0n) is 24.4. The van der Waals surface area contributed by atoms with Crippen LogP contribution in [0.2, 0.25) is 0 Å². The second-order valence-corrected chi connectivity index (χ2v) is 13.4. The first-order valence-corrected chi connectivity index (χ1v) is 16.2. The van der Waals surface area contributed by atoms with Crippen molar-refractivity contribution in [3.63, 3.8) is 0 Å². The molecule has 1 saturated carbocycles. The maximum absolute atomic E-state index is 14.1. The molecule has 1 N–H and O–H groups in total. The Bertz CT molecular complexity index is 1840. The number of aromatic nitrogens is 1. The number of pyridine rings is 1. The molecule has 4 aromatic rings. The number of carbonyl (C=O) groups excluding carboxylic acids is 1. The zero-order valence-corrected chi connectivity index (χ0v) is 25.2. The van der Waals surface area contributed by atoms with Crippen molar-refractivity contribution in [2.24, 2.45) is 5.92 Å². The number of sulfonamides is 1. The number of hydrogen-bond donors (Lipinski definition) is 1. The number of halogens is 4. The Kier molecular flexibility index (Phi) is 8.26. The number of rotatable bonds is 8. The van der Waals surface area contributed by atoms with E-state index in [1.54, 1.807) is 4.90 Å². The Morgan fingerprint density at radius 2 is 1.76 bits per heavy atom. The van der Waals surface area contributed by atoms with Crippen LogP contribution in [0.3, 0.4) is 0 Å². The maximum atomic E-state index is 14.1. The van der Waals surface area contributed by atoms with Crippen molar-refractivity contribution < 1.29 is 30.8 Å². The van der Waals surface area contributed by atoms with Crippen LogP contribution in [0.4, 0.5) is 23.2 Å². The lowest BCUT2D eigenvalue weighted by Crippen LogP contribution is -2.34. The second kappa shape index (κ2) is 12.0. The van der Waals surface area contributed by atoms with Gasteiger partial charge in [0, 0.05) is 23.3 Å². The van der Waals surface area contributed by atoms with Gasteiger partial charge in [-0.05, 0) is 110 Å². The summed E-state index contributed by atoms with van der Waals surface area (Å²) >= 11 is 0. The van der Waals surface area contributed by atoms with Crippen LogP contribution >= 0.6 is 0 Å². The van der Waals surface area contributed by atoms with Crippen molar-refractivity contribution in [1.29, 1.82) is 0 Å². The molecule has 1 heterocycles. The summed E-state index contributed by atoms with van der Waals surface area (Å²) in [5.41, 5.74) is 3.64. The van der Waals surface area contributed by atoms with Crippen LogP contribution in [0.25, 0.3) is 0 Å². The number of amides is 1. The molecule has 0 spiro atoms. The molecule has 0 radical (unpaired) electrons. The van der Waals surface area contributed by atoms with Crippen molar-refractivity contribution in [3.05, 3.63) is 124 Å². The topological polar surface area (TPSA) is 79.4 Å². The summed E-state index contributed by atoms with van der Waals surface area (Å²) in [6.07, 6.45) is -1.93. The van der Waals surface area contributed by atoms with Gasteiger partial charge in [-0.2, -0.15) is 13.2 Å². The van der Waals surface area contributed by atoms with Gasteiger partial charge in [0.25, 0.3) is 0 Å². The molecule has 6 rings (SSSR count). The summed E-state index contributed by atoms with van der Waals surface area (Å²) in [5.74, 6) is -1.48. The maximum Gasteiger partial charge on any atom is 0.416 e. The van der Waals surface area contributed by atoms with E-state index in [1.165, 1.54) is 30.3 Å².